The number of carbonyl (C=O) groups excluding carboxylic acids is 1. The van der Waals surface area contributed by atoms with Crippen LogP contribution >= 0.6 is 0 Å². The average Bonchev–Trinajstić information content (AvgIpc) is 2.73. The van der Waals surface area contributed by atoms with Gasteiger partial charge in [-0.3, -0.25) is 14.8 Å². The van der Waals surface area contributed by atoms with Crippen LogP contribution in [0.15, 0.2) is 55.0 Å². The number of aromatic nitrogens is 2. The van der Waals surface area contributed by atoms with Gasteiger partial charge in [-0.2, -0.15) is 0 Å². The van der Waals surface area contributed by atoms with Gasteiger partial charge < -0.3 is 10.0 Å². The zero-order chi connectivity index (χ0) is 20.8. The van der Waals surface area contributed by atoms with E-state index in [2.05, 4.69) is 23.8 Å². The first-order valence-electron chi connectivity index (χ1n) is 10.2. The van der Waals surface area contributed by atoms with E-state index in [9.17, 15) is 9.90 Å². The second kappa shape index (κ2) is 9.61. The number of rotatable bonds is 8. The summed E-state index contributed by atoms with van der Waals surface area (Å²) in [5, 5.41) is 11.9. The van der Waals surface area contributed by atoms with Crippen molar-refractivity contribution in [2.75, 3.05) is 13.1 Å². The zero-order valence-corrected chi connectivity index (χ0v) is 17.4. The SMILES string of the molecule is CCCN(CC(O)c1cnccc1C(C)C)C(=O)Cc1cnc2ccccc2c1. The van der Waals surface area contributed by atoms with Gasteiger partial charge in [0.1, 0.15) is 0 Å². The van der Waals surface area contributed by atoms with Crippen LogP contribution in [-0.2, 0) is 11.2 Å². The van der Waals surface area contributed by atoms with Crippen molar-refractivity contribution < 1.29 is 9.90 Å². The van der Waals surface area contributed by atoms with Crippen molar-refractivity contribution in [2.45, 2.75) is 45.6 Å². The predicted octanol–water partition coefficient (Wildman–Crippen LogP) is 4.27. The summed E-state index contributed by atoms with van der Waals surface area (Å²) in [5.41, 5.74) is 3.66. The lowest BCUT2D eigenvalue weighted by molar-refractivity contribution is -0.132. The zero-order valence-electron chi connectivity index (χ0n) is 17.4. The van der Waals surface area contributed by atoms with Gasteiger partial charge in [-0.25, -0.2) is 0 Å². The van der Waals surface area contributed by atoms with Gasteiger partial charge in [0.15, 0.2) is 0 Å². The number of benzene rings is 1. The molecule has 1 aromatic carbocycles. The van der Waals surface area contributed by atoms with Crippen molar-refractivity contribution in [3.8, 4) is 0 Å². The first-order chi connectivity index (χ1) is 14.0. The number of fused-ring (bicyclic) bond motifs is 1. The molecule has 0 fully saturated rings. The third-order valence-electron chi connectivity index (χ3n) is 5.11. The Bertz CT molecular complexity index is 971. The van der Waals surface area contributed by atoms with Gasteiger partial charge in [-0.05, 0) is 41.7 Å². The highest BCUT2D eigenvalue weighted by Gasteiger charge is 2.21. The minimum Gasteiger partial charge on any atom is -0.386 e. The van der Waals surface area contributed by atoms with Crippen LogP contribution in [0.5, 0.6) is 0 Å². The summed E-state index contributed by atoms with van der Waals surface area (Å²) in [6.45, 7) is 7.08. The normalized spacial score (nSPS) is 12.3. The summed E-state index contributed by atoms with van der Waals surface area (Å²) in [7, 11) is 0. The van der Waals surface area contributed by atoms with E-state index in [4.69, 9.17) is 0 Å². The van der Waals surface area contributed by atoms with Crippen LogP contribution in [0.25, 0.3) is 10.9 Å². The highest BCUT2D eigenvalue weighted by Crippen LogP contribution is 2.25. The van der Waals surface area contributed by atoms with Gasteiger partial charge in [0.25, 0.3) is 0 Å². The summed E-state index contributed by atoms with van der Waals surface area (Å²) in [4.78, 5) is 23.4. The third kappa shape index (κ3) is 5.18. The largest absolute Gasteiger partial charge is 0.386 e. The van der Waals surface area contributed by atoms with E-state index >= 15 is 0 Å². The number of aliphatic hydroxyl groups is 1. The minimum atomic E-state index is -0.758. The molecule has 0 radical (unpaired) electrons. The highest BCUT2D eigenvalue weighted by atomic mass is 16.3. The molecule has 0 aliphatic carbocycles. The standard InChI is InChI=1S/C24H29N3O2/c1-4-11-27(16-23(28)21-15-25-10-9-20(21)17(2)3)24(29)13-18-12-19-7-5-6-8-22(19)26-14-18/h5-10,12,14-15,17,23,28H,4,11,13,16H2,1-3H3. The fraction of sp³-hybridized carbons (Fsp3) is 0.375. The Labute approximate surface area is 172 Å². The summed E-state index contributed by atoms with van der Waals surface area (Å²) < 4.78 is 0. The molecule has 2 aromatic heterocycles. The van der Waals surface area contributed by atoms with Crippen LogP contribution in [0.1, 0.15) is 55.9 Å². The molecule has 2 heterocycles. The van der Waals surface area contributed by atoms with E-state index < -0.39 is 6.10 Å². The van der Waals surface area contributed by atoms with E-state index in [1.807, 2.05) is 43.3 Å². The average molecular weight is 392 g/mol. The topological polar surface area (TPSA) is 66.3 Å². The minimum absolute atomic E-state index is 0.00188. The molecule has 1 N–H and O–H groups in total. The number of carbonyl (C=O) groups is 1. The Balaban J connectivity index is 1.75. The number of aliphatic hydroxyl groups excluding tert-OH is 1. The maximum atomic E-state index is 13.0. The fourth-order valence-corrected chi connectivity index (χ4v) is 3.62. The van der Waals surface area contributed by atoms with E-state index in [-0.39, 0.29) is 24.8 Å². The van der Waals surface area contributed by atoms with Crippen LogP contribution in [0.2, 0.25) is 0 Å². The van der Waals surface area contributed by atoms with Gasteiger partial charge in [0, 0.05) is 36.1 Å². The van der Waals surface area contributed by atoms with Gasteiger partial charge >= 0.3 is 0 Å². The van der Waals surface area contributed by atoms with Crippen molar-refractivity contribution in [2.24, 2.45) is 0 Å². The van der Waals surface area contributed by atoms with Gasteiger partial charge in [0.2, 0.25) is 5.91 Å². The molecule has 0 bridgehead atoms. The fourth-order valence-electron chi connectivity index (χ4n) is 3.62. The van der Waals surface area contributed by atoms with E-state index in [1.54, 1.807) is 23.5 Å². The monoisotopic (exact) mass is 391 g/mol. The summed E-state index contributed by atoms with van der Waals surface area (Å²) in [5.74, 6) is 0.277. The molecule has 3 rings (SSSR count). The van der Waals surface area contributed by atoms with Gasteiger partial charge in [-0.15, -0.1) is 0 Å². The maximum absolute atomic E-state index is 13.0. The number of hydrogen-bond donors (Lipinski definition) is 1. The smallest absolute Gasteiger partial charge is 0.227 e. The Morgan fingerprint density at radius 2 is 1.93 bits per heavy atom. The van der Waals surface area contributed by atoms with Crippen molar-refractivity contribution in [1.82, 2.24) is 14.9 Å². The van der Waals surface area contributed by atoms with Crippen LogP contribution in [-0.4, -0.2) is 39.0 Å². The molecule has 5 nitrogen and oxygen atoms in total. The molecule has 1 unspecified atom stereocenters. The summed E-state index contributed by atoms with van der Waals surface area (Å²) in [6.07, 6.45) is 5.56. The lowest BCUT2D eigenvalue weighted by Gasteiger charge is -2.26. The van der Waals surface area contributed by atoms with Crippen molar-refractivity contribution >= 4 is 16.8 Å². The molecular weight excluding hydrogens is 362 g/mol. The molecule has 0 saturated carbocycles. The lowest BCUT2D eigenvalue weighted by atomic mass is 9.95. The van der Waals surface area contributed by atoms with Crippen LogP contribution < -0.4 is 0 Å². The van der Waals surface area contributed by atoms with Crippen LogP contribution in [0.3, 0.4) is 0 Å². The molecule has 1 amide bonds. The molecule has 0 aliphatic rings. The first kappa shape index (κ1) is 20.9. The number of amides is 1. The Hall–Kier alpha value is -2.79. The van der Waals surface area contributed by atoms with Crippen LogP contribution in [0.4, 0.5) is 0 Å². The summed E-state index contributed by atoms with van der Waals surface area (Å²) in [6, 6.07) is 11.8. The number of para-hydroxylation sites is 1. The molecule has 3 aromatic rings. The van der Waals surface area contributed by atoms with Crippen molar-refractivity contribution in [3.05, 3.63) is 71.7 Å². The van der Waals surface area contributed by atoms with Gasteiger partial charge in [-0.1, -0.05) is 39.0 Å². The Morgan fingerprint density at radius 3 is 2.69 bits per heavy atom. The first-order valence-corrected chi connectivity index (χ1v) is 10.2. The number of nitrogens with zero attached hydrogens (tertiary/aromatic N) is 3. The second-order valence-electron chi connectivity index (χ2n) is 7.73. The highest BCUT2D eigenvalue weighted by molar-refractivity contribution is 5.82. The molecule has 29 heavy (non-hydrogen) atoms. The van der Waals surface area contributed by atoms with Crippen molar-refractivity contribution in [3.63, 3.8) is 0 Å². The molecule has 0 spiro atoms. The molecule has 0 aliphatic heterocycles. The second-order valence-corrected chi connectivity index (χ2v) is 7.73. The Kier molecular flexibility index (Phi) is 6.94. The molecule has 0 saturated heterocycles. The number of pyridine rings is 2. The van der Waals surface area contributed by atoms with E-state index in [0.29, 0.717) is 6.54 Å². The molecule has 5 heteroatoms. The third-order valence-corrected chi connectivity index (χ3v) is 5.11. The molecular formula is C24H29N3O2. The maximum Gasteiger partial charge on any atom is 0.227 e. The van der Waals surface area contributed by atoms with Crippen LogP contribution in [0, 0.1) is 0 Å². The molecule has 152 valence electrons. The van der Waals surface area contributed by atoms with Gasteiger partial charge in [0.05, 0.1) is 24.6 Å². The van der Waals surface area contributed by atoms with Crippen molar-refractivity contribution in [1.29, 1.82) is 0 Å². The quantitative estimate of drug-likeness (QED) is 0.623. The Morgan fingerprint density at radius 1 is 1.14 bits per heavy atom. The van der Waals surface area contributed by atoms with E-state index in [0.717, 1.165) is 34.0 Å². The predicted molar refractivity (Wildman–Crippen MR) is 116 cm³/mol. The molecule has 1 atom stereocenters. The number of hydrogen-bond acceptors (Lipinski definition) is 4. The summed E-state index contributed by atoms with van der Waals surface area (Å²) >= 11 is 0. The lowest BCUT2D eigenvalue weighted by Crippen LogP contribution is -2.36. The van der Waals surface area contributed by atoms with E-state index in [1.165, 1.54) is 0 Å².